The molecule has 1 aromatic carbocycles. The molecular weight excluding hydrogens is 252 g/mol. The van der Waals surface area contributed by atoms with Gasteiger partial charge in [0, 0.05) is 18.7 Å². The SMILES string of the molecule is CC(NCC#Cc1ccccc1)C(=O)N1CCOCC1. The molecule has 0 bridgehead atoms. The van der Waals surface area contributed by atoms with Crippen molar-refractivity contribution < 1.29 is 9.53 Å². The summed E-state index contributed by atoms with van der Waals surface area (Å²) in [4.78, 5) is 14.0. The lowest BCUT2D eigenvalue weighted by Crippen LogP contribution is -2.49. The van der Waals surface area contributed by atoms with E-state index in [4.69, 9.17) is 4.74 Å². The van der Waals surface area contributed by atoms with Gasteiger partial charge in [0.1, 0.15) is 0 Å². The van der Waals surface area contributed by atoms with E-state index in [2.05, 4.69) is 17.2 Å². The third-order valence-electron chi connectivity index (χ3n) is 3.20. The van der Waals surface area contributed by atoms with Gasteiger partial charge in [-0.05, 0) is 19.1 Å². The minimum atomic E-state index is -0.210. The van der Waals surface area contributed by atoms with Crippen LogP contribution in [-0.2, 0) is 9.53 Å². The average molecular weight is 272 g/mol. The molecular formula is C16H20N2O2. The second kappa shape index (κ2) is 7.68. The minimum absolute atomic E-state index is 0.120. The molecule has 1 heterocycles. The first kappa shape index (κ1) is 14.6. The Kier molecular flexibility index (Phi) is 5.60. The van der Waals surface area contributed by atoms with Gasteiger partial charge >= 0.3 is 0 Å². The van der Waals surface area contributed by atoms with Crippen molar-refractivity contribution >= 4 is 5.91 Å². The van der Waals surface area contributed by atoms with Crippen LogP contribution in [-0.4, -0.2) is 49.7 Å². The molecule has 1 amide bonds. The second-order valence-corrected chi connectivity index (χ2v) is 4.71. The van der Waals surface area contributed by atoms with Crippen LogP contribution in [0.25, 0.3) is 0 Å². The third kappa shape index (κ3) is 4.37. The molecule has 1 fully saturated rings. The Labute approximate surface area is 120 Å². The van der Waals surface area contributed by atoms with Crippen LogP contribution in [0.15, 0.2) is 30.3 Å². The average Bonchev–Trinajstić information content (AvgIpc) is 2.52. The second-order valence-electron chi connectivity index (χ2n) is 4.71. The van der Waals surface area contributed by atoms with Gasteiger partial charge in [0.05, 0.1) is 25.8 Å². The number of nitrogens with zero attached hydrogens (tertiary/aromatic N) is 1. The van der Waals surface area contributed by atoms with Gasteiger partial charge in [0.25, 0.3) is 0 Å². The molecule has 1 aromatic rings. The molecule has 0 spiro atoms. The standard InChI is InChI=1S/C16H20N2O2/c1-14(16(19)18-10-12-20-13-11-18)17-9-5-8-15-6-3-2-4-7-15/h2-4,6-7,14,17H,9-13H2,1H3. The summed E-state index contributed by atoms with van der Waals surface area (Å²) in [7, 11) is 0. The van der Waals surface area contributed by atoms with E-state index in [1.807, 2.05) is 42.2 Å². The number of hydrogen-bond donors (Lipinski definition) is 1. The van der Waals surface area contributed by atoms with Crippen molar-refractivity contribution in [2.75, 3.05) is 32.8 Å². The zero-order chi connectivity index (χ0) is 14.2. The molecule has 0 saturated carbocycles. The summed E-state index contributed by atoms with van der Waals surface area (Å²) in [6.07, 6.45) is 0. The van der Waals surface area contributed by atoms with Crippen molar-refractivity contribution in [2.24, 2.45) is 0 Å². The maximum Gasteiger partial charge on any atom is 0.239 e. The van der Waals surface area contributed by atoms with Gasteiger partial charge in [-0.3, -0.25) is 10.1 Å². The summed E-state index contributed by atoms with van der Waals surface area (Å²) < 4.78 is 5.24. The van der Waals surface area contributed by atoms with E-state index < -0.39 is 0 Å². The zero-order valence-electron chi connectivity index (χ0n) is 11.8. The van der Waals surface area contributed by atoms with Crippen LogP contribution in [0, 0.1) is 11.8 Å². The van der Waals surface area contributed by atoms with E-state index in [1.54, 1.807) is 0 Å². The Morgan fingerprint density at radius 3 is 2.75 bits per heavy atom. The monoisotopic (exact) mass is 272 g/mol. The number of carbonyl (C=O) groups excluding carboxylic acids is 1. The number of morpholine rings is 1. The van der Waals surface area contributed by atoms with Crippen LogP contribution in [0.5, 0.6) is 0 Å². The number of rotatable bonds is 3. The van der Waals surface area contributed by atoms with Crippen molar-refractivity contribution in [1.82, 2.24) is 10.2 Å². The lowest BCUT2D eigenvalue weighted by Gasteiger charge is -2.29. The topological polar surface area (TPSA) is 41.6 Å². The number of hydrogen-bond acceptors (Lipinski definition) is 3. The van der Waals surface area contributed by atoms with Crippen LogP contribution < -0.4 is 5.32 Å². The molecule has 1 unspecified atom stereocenters. The van der Waals surface area contributed by atoms with Crippen molar-refractivity contribution in [3.8, 4) is 11.8 Å². The molecule has 2 rings (SSSR count). The molecule has 1 aliphatic heterocycles. The quantitative estimate of drug-likeness (QED) is 0.830. The molecule has 0 radical (unpaired) electrons. The van der Waals surface area contributed by atoms with Crippen LogP contribution in [0.4, 0.5) is 0 Å². The molecule has 1 aliphatic rings. The molecule has 4 heteroatoms. The van der Waals surface area contributed by atoms with Crippen LogP contribution in [0.1, 0.15) is 12.5 Å². The van der Waals surface area contributed by atoms with Gasteiger partial charge in [-0.2, -0.15) is 0 Å². The van der Waals surface area contributed by atoms with Gasteiger partial charge < -0.3 is 9.64 Å². The highest BCUT2D eigenvalue weighted by Gasteiger charge is 2.21. The first-order valence-corrected chi connectivity index (χ1v) is 6.91. The first-order valence-electron chi connectivity index (χ1n) is 6.91. The van der Waals surface area contributed by atoms with Gasteiger partial charge in [-0.15, -0.1) is 0 Å². The molecule has 1 saturated heterocycles. The Morgan fingerprint density at radius 2 is 2.05 bits per heavy atom. The fourth-order valence-corrected chi connectivity index (χ4v) is 2.02. The smallest absolute Gasteiger partial charge is 0.239 e. The molecule has 106 valence electrons. The van der Waals surface area contributed by atoms with Gasteiger partial charge in [-0.1, -0.05) is 30.0 Å². The van der Waals surface area contributed by atoms with E-state index in [-0.39, 0.29) is 11.9 Å². The van der Waals surface area contributed by atoms with Crippen molar-refractivity contribution in [3.63, 3.8) is 0 Å². The van der Waals surface area contributed by atoms with Gasteiger partial charge in [-0.25, -0.2) is 0 Å². The lowest BCUT2D eigenvalue weighted by atomic mass is 10.2. The normalized spacial score (nSPS) is 16.1. The predicted octanol–water partition coefficient (Wildman–Crippen LogP) is 0.875. The fourth-order valence-electron chi connectivity index (χ4n) is 2.02. The summed E-state index contributed by atoms with van der Waals surface area (Å²) in [5.41, 5.74) is 0.987. The first-order chi connectivity index (χ1) is 9.77. The van der Waals surface area contributed by atoms with E-state index in [0.29, 0.717) is 32.8 Å². The van der Waals surface area contributed by atoms with Crippen molar-refractivity contribution in [1.29, 1.82) is 0 Å². The number of carbonyl (C=O) groups is 1. The summed E-state index contributed by atoms with van der Waals surface area (Å²) in [5, 5.41) is 3.14. The molecule has 1 N–H and O–H groups in total. The highest BCUT2D eigenvalue weighted by atomic mass is 16.5. The van der Waals surface area contributed by atoms with E-state index in [1.165, 1.54) is 0 Å². The van der Waals surface area contributed by atoms with Crippen LogP contribution >= 0.6 is 0 Å². The van der Waals surface area contributed by atoms with Crippen LogP contribution in [0.3, 0.4) is 0 Å². The molecule has 0 aliphatic carbocycles. The Bertz CT molecular complexity index is 484. The molecule has 4 nitrogen and oxygen atoms in total. The fraction of sp³-hybridized carbons (Fsp3) is 0.438. The molecule has 20 heavy (non-hydrogen) atoms. The number of benzene rings is 1. The largest absolute Gasteiger partial charge is 0.378 e. The minimum Gasteiger partial charge on any atom is -0.378 e. The number of nitrogens with one attached hydrogen (secondary N) is 1. The molecule has 1 atom stereocenters. The van der Waals surface area contributed by atoms with Crippen LogP contribution in [0.2, 0.25) is 0 Å². The summed E-state index contributed by atoms with van der Waals surface area (Å²) in [6, 6.07) is 9.61. The predicted molar refractivity (Wildman–Crippen MR) is 78.2 cm³/mol. The van der Waals surface area contributed by atoms with Crippen molar-refractivity contribution in [2.45, 2.75) is 13.0 Å². The third-order valence-corrected chi connectivity index (χ3v) is 3.20. The summed E-state index contributed by atoms with van der Waals surface area (Å²) in [6.45, 7) is 5.01. The zero-order valence-corrected chi connectivity index (χ0v) is 11.8. The lowest BCUT2D eigenvalue weighted by molar-refractivity contribution is -0.137. The summed E-state index contributed by atoms with van der Waals surface area (Å²) >= 11 is 0. The van der Waals surface area contributed by atoms with Gasteiger partial charge in [0.2, 0.25) is 5.91 Å². The van der Waals surface area contributed by atoms with Gasteiger partial charge in [0.15, 0.2) is 0 Å². The maximum absolute atomic E-state index is 12.1. The Morgan fingerprint density at radius 1 is 1.35 bits per heavy atom. The maximum atomic E-state index is 12.1. The van der Waals surface area contributed by atoms with E-state index >= 15 is 0 Å². The van der Waals surface area contributed by atoms with E-state index in [0.717, 1.165) is 5.56 Å². The highest BCUT2D eigenvalue weighted by molar-refractivity contribution is 5.81. The molecule has 0 aromatic heterocycles. The summed E-state index contributed by atoms with van der Waals surface area (Å²) in [5.74, 6) is 6.22. The van der Waals surface area contributed by atoms with E-state index in [9.17, 15) is 4.79 Å². The Balaban J connectivity index is 1.76. The number of amides is 1. The van der Waals surface area contributed by atoms with Crippen molar-refractivity contribution in [3.05, 3.63) is 35.9 Å². The Hall–Kier alpha value is -1.83. The number of ether oxygens (including phenoxy) is 1. The highest BCUT2D eigenvalue weighted by Crippen LogP contribution is 2.00.